The van der Waals surface area contributed by atoms with Gasteiger partial charge in [-0.3, -0.25) is 9.59 Å². The largest absolute Gasteiger partial charge is 0.480 e. The van der Waals surface area contributed by atoms with Crippen molar-refractivity contribution < 1.29 is 14.7 Å². The van der Waals surface area contributed by atoms with Crippen LogP contribution in [0, 0.1) is 0 Å². The summed E-state index contributed by atoms with van der Waals surface area (Å²) < 4.78 is 0. The van der Waals surface area contributed by atoms with Gasteiger partial charge in [-0.2, -0.15) is 0 Å². The van der Waals surface area contributed by atoms with E-state index in [0.29, 0.717) is 19.4 Å². The fourth-order valence-electron chi connectivity index (χ4n) is 0.877. The minimum atomic E-state index is -0.973. The second-order valence-electron chi connectivity index (χ2n) is 2.92. The maximum atomic E-state index is 10.4. The van der Waals surface area contributed by atoms with Gasteiger partial charge in [-0.05, 0) is 19.3 Å². The Labute approximate surface area is 102 Å². The van der Waals surface area contributed by atoms with E-state index in [-0.39, 0.29) is 30.7 Å². The van der Waals surface area contributed by atoms with Crippen LogP contribution in [0.5, 0.6) is 0 Å². The molecule has 0 aliphatic heterocycles. The number of halogens is 2. The molecule has 0 aromatic heterocycles. The number of aliphatic carboxylic acids is 1. The second-order valence-corrected chi connectivity index (χ2v) is 2.92. The van der Waals surface area contributed by atoms with Gasteiger partial charge in [0.2, 0.25) is 5.91 Å². The number of carbonyl (C=O) groups is 2. The van der Waals surface area contributed by atoms with Gasteiger partial charge < -0.3 is 16.2 Å². The van der Waals surface area contributed by atoms with E-state index in [1.54, 1.807) is 0 Å². The smallest absolute Gasteiger partial charge is 0.320 e. The zero-order valence-electron chi connectivity index (χ0n) is 8.56. The van der Waals surface area contributed by atoms with Crippen LogP contribution in [0.4, 0.5) is 0 Å². The number of amides is 1. The van der Waals surface area contributed by atoms with Crippen LogP contribution in [0.2, 0.25) is 0 Å². The lowest BCUT2D eigenvalue weighted by molar-refractivity contribution is -0.138. The first-order valence-corrected chi connectivity index (χ1v) is 4.27. The molecule has 7 heteroatoms. The summed E-state index contributed by atoms with van der Waals surface area (Å²) >= 11 is 0. The Morgan fingerprint density at radius 2 is 1.87 bits per heavy atom. The summed E-state index contributed by atoms with van der Waals surface area (Å²) in [5, 5.41) is 11.1. The minimum Gasteiger partial charge on any atom is -0.480 e. The van der Waals surface area contributed by atoms with Gasteiger partial charge >= 0.3 is 5.97 Å². The van der Waals surface area contributed by atoms with Gasteiger partial charge in [0.05, 0.1) is 0 Å². The number of unbranched alkanes of at least 4 members (excludes halogenated alkanes) is 1. The lowest BCUT2D eigenvalue weighted by Crippen LogP contribution is -2.30. The quantitative estimate of drug-likeness (QED) is 0.609. The Morgan fingerprint density at radius 3 is 2.27 bits per heavy atom. The standard InChI is InChI=1S/C8H16N2O3.2ClH/c1-6(11)10-5-3-2-4-7(9)8(12)13;;/h7H,2-5,9H2,1H3,(H,10,11)(H,12,13);2*1H/t7-;;/m1../s1. The Balaban J connectivity index is -0.000000720. The molecule has 0 heterocycles. The zero-order valence-corrected chi connectivity index (χ0v) is 10.2. The number of carbonyl (C=O) groups excluding carboxylic acids is 1. The fourth-order valence-corrected chi connectivity index (χ4v) is 0.877. The molecule has 0 saturated heterocycles. The van der Waals surface area contributed by atoms with E-state index >= 15 is 0 Å². The Morgan fingerprint density at radius 1 is 1.33 bits per heavy atom. The average Bonchev–Trinajstić information content (AvgIpc) is 2.02. The van der Waals surface area contributed by atoms with Crippen LogP contribution in [-0.4, -0.2) is 29.6 Å². The predicted octanol–water partition coefficient (Wildman–Crippen LogP) is 0.548. The molecule has 92 valence electrons. The molecule has 0 aliphatic rings. The number of carboxylic acid groups (broad SMARTS) is 1. The van der Waals surface area contributed by atoms with Crippen molar-refractivity contribution in [2.24, 2.45) is 5.73 Å². The first-order valence-electron chi connectivity index (χ1n) is 4.27. The van der Waals surface area contributed by atoms with Crippen LogP contribution in [0.15, 0.2) is 0 Å². The lowest BCUT2D eigenvalue weighted by Gasteiger charge is -2.05. The van der Waals surface area contributed by atoms with Gasteiger partial charge in [-0.15, -0.1) is 24.8 Å². The molecule has 5 nitrogen and oxygen atoms in total. The van der Waals surface area contributed by atoms with Crippen LogP contribution in [-0.2, 0) is 9.59 Å². The van der Waals surface area contributed by atoms with E-state index < -0.39 is 12.0 Å². The molecule has 0 radical (unpaired) electrons. The predicted molar refractivity (Wildman–Crippen MR) is 62.6 cm³/mol. The first kappa shape index (κ1) is 20.0. The van der Waals surface area contributed by atoms with E-state index in [9.17, 15) is 9.59 Å². The molecule has 1 amide bonds. The van der Waals surface area contributed by atoms with Crippen molar-refractivity contribution in [2.75, 3.05) is 6.54 Å². The number of nitrogens with one attached hydrogen (secondary N) is 1. The maximum Gasteiger partial charge on any atom is 0.320 e. The van der Waals surface area contributed by atoms with Crippen molar-refractivity contribution in [3.05, 3.63) is 0 Å². The number of carboxylic acids is 1. The fraction of sp³-hybridized carbons (Fsp3) is 0.750. The average molecular weight is 261 g/mol. The number of hydrogen-bond donors (Lipinski definition) is 3. The van der Waals surface area contributed by atoms with Gasteiger partial charge in [-0.1, -0.05) is 0 Å². The van der Waals surface area contributed by atoms with Crippen LogP contribution in [0.25, 0.3) is 0 Å². The Bertz CT molecular complexity index is 191. The zero-order chi connectivity index (χ0) is 10.3. The van der Waals surface area contributed by atoms with Gasteiger partial charge in [0, 0.05) is 13.5 Å². The monoisotopic (exact) mass is 260 g/mol. The SMILES string of the molecule is CC(=O)NCCCC[C@@H](N)C(=O)O.Cl.Cl. The van der Waals surface area contributed by atoms with Crippen molar-refractivity contribution in [2.45, 2.75) is 32.2 Å². The van der Waals surface area contributed by atoms with Gasteiger partial charge in [0.1, 0.15) is 6.04 Å². The first-order chi connectivity index (χ1) is 6.04. The number of rotatable bonds is 6. The van der Waals surface area contributed by atoms with Crippen LogP contribution in [0.3, 0.4) is 0 Å². The number of nitrogens with two attached hydrogens (primary N) is 1. The Hall–Kier alpha value is -0.520. The lowest BCUT2D eigenvalue weighted by atomic mass is 10.1. The third-order valence-electron chi connectivity index (χ3n) is 1.63. The summed E-state index contributed by atoms with van der Waals surface area (Å²) in [5.74, 6) is -1.04. The van der Waals surface area contributed by atoms with E-state index in [1.165, 1.54) is 6.92 Å². The normalized spacial score (nSPS) is 10.5. The van der Waals surface area contributed by atoms with Gasteiger partial charge in [0.15, 0.2) is 0 Å². The van der Waals surface area contributed by atoms with Gasteiger partial charge in [0.25, 0.3) is 0 Å². The molecule has 0 aliphatic carbocycles. The highest BCUT2D eigenvalue weighted by atomic mass is 35.5. The Kier molecular flexibility index (Phi) is 15.4. The molecular formula is C8H18Cl2N2O3. The minimum absolute atomic E-state index is 0. The summed E-state index contributed by atoms with van der Waals surface area (Å²) in [5.41, 5.74) is 5.27. The van der Waals surface area contributed by atoms with Crippen molar-refractivity contribution in [3.63, 3.8) is 0 Å². The maximum absolute atomic E-state index is 10.4. The molecule has 15 heavy (non-hydrogen) atoms. The summed E-state index contributed by atoms with van der Waals surface area (Å²) in [6.07, 6.45) is 1.93. The summed E-state index contributed by atoms with van der Waals surface area (Å²) in [6, 6.07) is -0.780. The summed E-state index contributed by atoms with van der Waals surface area (Å²) in [7, 11) is 0. The molecule has 0 saturated carbocycles. The van der Waals surface area contributed by atoms with Crippen LogP contribution in [0.1, 0.15) is 26.2 Å². The van der Waals surface area contributed by atoms with E-state index in [4.69, 9.17) is 10.8 Å². The van der Waals surface area contributed by atoms with E-state index in [1.807, 2.05) is 0 Å². The van der Waals surface area contributed by atoms with E-state index in [0.717, 1.165) is 6.42 Å². The molecule has 1 atom stereocenters. The molecule has 0 fully saturated rings. The van der Waals surface area contributed by atoms with Crippen LogP contribution >= 0.6 is 24.8 Å². The van der Waals surface area contributed by atoms with Crippen molar-refractivity contribution >= 4 is 36.7 Å². The highest BCUT2D eigenvalue weighted by Gasteiger charge is 2.09. The van der Waals surface area contributed by atoms with Crippen LogP contribution < -0.4 is 11.1 Å². The van der Waals surface area contributed by atoms with Crippen molar-refractivity contribution in [3.8, 4) is 0 Å². The van der Waals surface area contributed by atoms with Crippen molar-refractivity contribution in [1.29, 1.82) is 0 Å². The highest BCUT2D eigenvalue weighted by Crippen LogP contribution is 1.97. The molecule has 0 bridgehead atoms. The highest BCUT2D eigenvalue weighted by molar-refractivity contribution is 5.85. The molecule has 0 unspecified atom stereocenters. The molecule has 4 N–H and O–H groups in total. The van der Waals surface area contributed by atoms with E-state index in [2.05, 4.69) is 5.32 Å². The molecule has 0 rings (SSSR count). The summed E-state index contributed by atoms with van der Waals surface area (Å²) in [6.45, 7) is 2.03. The third-order valence-corrected chi connectivity index (χ3v) is 1.63. The molecule has 0 aromatic carbocycles. The molecule has 0 aromatic rings. The summed E-state index contributed by atoms with van der Waals surface area (Å²) in [4.78, 5) is 20.7. The topological polar surface area (TPSA) is 92.4 Å². The molecular weight excluding hydrogens is 243 g/mol. The molecule has 0 spiro atoms. The van der Waals surface area contributed by atoms with Gasteiger partial charge in [-0.25, -0.2) is 0 Å². The second kappa shape index (κ2) is 11.6. The third kappa shape index (κ3) is 13.5. The number of hydrogen-bond acceptors (Lipinski definition) is 3. The van der Waals surface area contributed by atoms with Crippen molar-refractivity contribution in [1.82, 2.24) is 5.32 Å².